The smallest absolute Gasteiger partial charge is 0.243 e. The van der Waals surface area contributed by atoms with Crippen molar-refractivity contribution in [1.82, 2.24) is 19.8 Å². The molecular formula is C9H13N5O2. The van der Waals surface area contributed by atoms with Crippen molar-refractivity contribution < 1.29 is 9.47 Å². The van der Waals surface area contributed by atoms with Gasteiger partial charge in [-0.05, 0) is 13.8 Å². The van der Waals surface area contributed by atoms with Gasteiger partial charge in [0.1, 0.15) is 0 Å². The number of rotatable bonds is 4. The fraction of sp³-hybridized carbons (Fsp3) is 0.444. The molecule has 0 aliphatic carbocycles. The van der Waals surface area contributed by atoms with Crippen molar-refractivity contribution in [2.75, 3.05) is 18.9 Å². The second-order valence-corrected chi connectivity index (χ2v) is 3.01. The molecule has 0 unspecified atom stereocenters. The van der Waals surface area contributed by atoms with Crippen LogP contribution in [0, 0.1) is 0 Å². The Morgan fingerprint density at radius 1 is 1.25 bits per heavy atom. The fourth-order valence-corrected chi connectivity index (χ4v) is 1.33. The number of ether oxygens (including phenoxy) is 2. The minimum absolute atomic E-state index is 0.206. The van der Waals surface area contributed by atoms with E-state index in [0.717, 1.165) is 0 Å². The van der Waals surface area contributed by atoms with Gasteiger partial charge in [0.25, 0.3) is 0 Å². The second kappa shape index (κ2) is 4.21. The number of hydrogen-bond acceptors (Lipinski definition) is 6. The van der Waals surface area contributed by atoms with E-state index in [1.54, 1.807) is 6.07 Å². The number of aromatic nitrogens is 4. The quantitative estimate of drug-likeness (QED) is 0.812. The lowest BCUT2D eigenvalue weighted by Gasteiger charge is -2.07. The molecule has 0 bridgehead atoms. The van der Waals surface area contributed by atoms with Crippen LogP contribution in [-0.4, -0.2) is 33.0 Å². The molecular weight excluding hydrogens is 210 g/mol. The first-order valence-electron chi connectivity index (χ1n) is 5.03. The fourth-order valence-electron chi connectivity index (χ4n) is 1.33. The molecule has 0 spiro atoms. The van der Waals surface area contributed by atoms with Gasteiger partial charge < -0.3 is 15.2 Å². The zero-order valence-electron chi connectivity index (χ0n) is 9.17. The van der Waals surface area contributed by atoms with Crippen LogP contribution in [-0.2, 0) is 0 Å². The molecule has 0 radical (unpaired) electrons. The van der Waals surface area contributed by atoms with E-state index in [1.807, 2.05) is 13.8 Å². The van der Waals surface area contributed by atoms with Crippen LogP contribution in [0.25, 0.3) is 5.65 Å². The van der Waals surface area contributed by atoms with Gasteiger partial charge in [0.15, 0.2) is 5.75 Å². The van der Waals surface area contributed by atoms with Crippen molar-refractivity contribution in [2.24, 2.45) is 0 Å². The van der Waals surface area contributed by atoms with E-state index in [0.29, 0.717) is 30.5 Å². The van der Waals surface area contributed by atoms with Crippen molar-refractivity contribution in [3.63, 3.8) is 0 Å². The van der Waals surface area contributed by atoms with Gasteiger partial charge >= 0.3 is 0 Å². The largest absolute Gasteiger partial charge is 0.490 e. The molecule has 2 aromatic rings. The van der Waals surface area contributed by atoms with Crippen molar-refractivity contribution in [2.45, 2.75) is 13.8 Å². The Labute approximate surface area is 92.2 Å². The molecule has 86 valence electrons. The van der Waals surface area contributed by atoms with Crippen LogP contribution in [0.5, 0.6) is 11.6 Å². The third kappa shape index (κ3) is 1.71. The topological polar surface area (TPSA) is 87.6 Å². The lowest BCUT2D eigenvalue weighted by Crippen LogP contribution is -2.04. The van der Waals surface area contributed by atoms with E-state index < -0.39 is 0 Å². The standard InChI is InChI=1S/C9H13N5O2/c1-3-15-6-5-7(16-4-2)13-14-8(6)11-12-9(14)10/h5H,3-4H2,1-2H3,(H2,10,12). The summed E-state index contributed by atoms with van der Waals surface area (Å²) < 4.78 is 12.1. The summed E-state index contributed by atoms with van der Waals surface area (Å²) in [6.45, 7) is 4.81. The molecule has 0 aliphatic rings. The van der Waals surface area contributed by atoms with Crippen LogP contribution in [0.3, 0.4) is 0 Å². The third-order valence-electron chi connectivity index (χ3n) is 1.93. The Kier molecular flexibility index (Phi) is 2.76. The minimum Gasteiger partial charge on any atom is -0.490 e. The maximum Gasteiger partial charge on any atom is 0.243 e. The predicted molar refractivity (Wildman–Crippen MR) is 57.5 cm³/mol. The first-order valence-corrected chi connectivity index (χ1v) is 5.03. The summed E-state index contributed by atoms with van der Waals surface area (Å²) in [4.78, 5) is 0. The number of nitrogen functional groups attached to an aromatic ring is 1. The first-order chi connectivity index (χ1) is 7.76. The summed E-state index contributed by atoms with van der Waals surface area (Å²) in [7, 11) is 0. The van der Waals surface area contributed by atoms with Crippen LogP contribution < -0.4 is 15.2 Å². The number of nitrogens with two attached hydrogens (primary N) is 1. The van der Waals surface area contributed by atoms with E-state index in [9.17, 15) is 0 Å². The molecule has 2 rings (SSSR count). The Morgan fingerprint density at radius 3 is 2.69 bits per heavy atom. The number of fused-ring (bicyclic) bond motifs is 1. The summed E-state index contributed by atoms with van der Waals surface area (Å²) >= 11 is 0. The third-order valence-corrected chi connectivity index (χ3v) is 1.93. The molecule has 0 saturated heterocycles. The zero-order valence-corrected chi connectivity index (χ0v) is 9.17. The van der Waals surface area contributed by atoms with Gasteiger partial charge in [0.05, 0.1) is 13.2 Å². The van der Waals surface area contributed by atoms with Gasteiger partial charge in [0, 0.05) is 6.07 Å². The van der Waals surface area contributed by atoms with E-state index in [-0.39, 0.29) is 5.95 Å². The molecule has 7 nitrogen and oxygen atoms in total. The van der Waals surface area contributed by atoms with Crippen LogP contribution in [0.4, 0.5) is 5.95 Å². The van der Waals surface area contributed by atoms with Gasteiger partial charge in [-0.3, -0.25) is 0 Å². The highest BCUT2D eigenvalue weighted by molar-refractivity contribution is 5.56. The Balaban J connectivity index is 2.56. The van der Waals surface area contributed by atoms with Gasteiger partial charge in [-0.25, -0.2) is 0 Å². The van der Waals surface area contributed by atoms with Crippen molar-refractivity contribution in [3.8, 4) is 11.6 Å². The highest BCUT2D eigenvalue weighted by Crippen LogP contribution is 2.23. The van der Waals surface area contributed by atoms with Crippen LogP contribution in [0.2, 0.25) is 0 Å². The summed E-state index contributed by atoms with van der Waals surface area (Å²) in [6.07, 6.45) is 0. The lowest BCUT2D eigenvalue weighted by atomic mass is 10.5. The highest BCUT2D eigenvalue weighted by atomic mass is 16.5. The molecule has 0 fully saturated rings. The maximum atomic E-state index is 5.62. The predicted octanol–water partition coefficient (Wildman–Crippen LogP) is 0.504. The number of nitrogens with zero attached hydrogens (tertiary/aromatic N) is 4. The SMILES string of the molecule is CCOc1cc(OCC)c2nnc(N)n2n1. The van der Waals surface area contributed by atoms with Crippen molar-refractivity contribution in [1.29, 1.82) is 0 Å². The molecule has 0 aliphatic heterocycles. The minimum atomic E-state index is 0.206. The lowest BCUT2D eigenvalue weighted by molar-refractivity contribution is 0.309. The summed E-state index contributed by atoms with van der Waals surface area (Å²) in [6, 6.07) is 1.68. The van der Waals surface area contributed by atoms with E-state index in [2.05, 4.69) is 15.3 Å². The second-order valence-electron chi connectivity index (χ2n) is 3.01. The van der Waals surface area contributed by atoms with Crippen LogP contribution in [0.1, 0.15) is 13.8 Å². The molecule has 0 saturated carbocycles. The Hall–Kier alpha value is -2.05. The van der Waals surface area contributed by atoms with Crippen molar-refractivity contribution >= 4 is 11.6 Å². The molecule has 7 heteroatoms. The molecule has 2 N–H and O–H groups in total. The molecule has 0 amide bonds. The van der Waals surface area contributed by atoms with Crippen LogP contribution in [0.15, 0.2) is 6.07 Å². The van der Waals surface area contributed by atoms with E-state index in [1.165, 1.54) is 4.52 Å². The van der Waals surface area contributed by atoms with Gasteiger partial charge in [-0.2, -0.15) is 4.52 Å². The molecule has 16 heavy (non-hydrogen) atoms. The number of hydrogen-bond donors (Lipinski definition) is 1. The molecule has 0 aromatic carbocycles. The molecule has 0 atom stereocenters. The first kappa shape index (κ1) is 10.5. The highest BCUT2D eigenvalue weighted by Gasteiger charge is 2.12. The normalized spacial score (nSPS) is 10.6. The van der Waals surface area contributed by atoms with Crippen molar-refractivity contribution in [3.05, 3.63) is 6.07 Å². The van der Waals surface area contributed by atoms with Gasteiger partial charge in [0.2, 0.25) is 17.5 Å². The van der Waals surface area contributed by atoms with Gasteiger partial charge in [-0.1, -0.05) is 0 Å². The summed E-state index contributed by atoms with van der Waals surface area (Å²) in [5.74, 6) is 1.20. The number of anilines is 1. The molecule has 2 heterocycles. The molecule has 2 aromatic heterocycles. The monoisotopic (exact) mass is 223 g/mol. The summed E-state index contributed by atoms with van der Waals surface area (Å²) in [5.41, 5.74) is 6.11. The van der Waals surface area contributed by atoms with E-state index in [4.69, 9.17) is 15.2 Å². The maximum absolute atomic E-state index is 5.62. The summed E-state index contributed by atoms with van der Waals surface area (Å²) in [5, 5.41) is 11.7. The van der Waals surface area contributed by atoms with Gasteiger partial charge in [-0.15, -0.1) is 15.3 Å². The zero-order chi connectivity index (χ0) is 11.5. The van der Waals surface area contributed by atoms with Crippen LogP contribution >= 0.6 is 0 Å². The average Bonchev–Trinajstić information content (AvgIpc) is 2.62. The van der Waals surface area contributed by atoms with E-state index >= 15 is 0 Å². The Morgan fingerprint density at radius 2 is 2.00 bits per heavy atom. The average molecular weight is 223 g/mol. The Bertz CT molecular complexity index is 496.